The largest absolute Gasteiger partial charge is 0.339 e. The number of nitriles is 1. The van der Waals surface area contributed by atoms with Crippen LogP contribution >= 0.6 is 15.9 Å². The number of halogens is 1. The first-order chi connectivity index (χ1) is 9.11. The van der Waals surface area contributed by atoms with E-state index in [2.05, 4.69) is 22.0 Å². The molecule has 0 radical (unpaired) electrons. The third-order valence-electron chi connectivity index (χ3n) is 3.82. The number of hydrogen-bond donors (Lipinski definition) is 0. The van der Waals surface area contributed by atoms with E-state index >= 15 is 0 Å². The van der Waals surface area contributed by atoms with Crippen LogP contribution in [-0.2, 0) is 0 Å². The van der Waals surface area contributed by atoms with Crippen molar-refractivity contribution in [2.24, 2.45) is 5.92 Å². The molecule has 3 nitrogen and oxygen atoms in total. The fourth-order valence-electron chi connectivity index (χ4n) is 2.58. The summed E-state index contributed by atoms with van der Waals surface area (Å²) in [6.07, 6.45) is 3.65. The first-order valence-electron chi connectivity index (χ1n) is 6.54. The van der Waals surface area contributed by atoms with E-state index in [9.17, 15) is 4.79 Å². The van der Waals surface area contributed by atoms with Gasteiger partial charge in [-0.25, -0.2) is 0 Å². The minimum absolute atomic E-state index is 0.0571. The average Bonchev–Trinajstić information content (AvgIpc) is 2.46. The van der Waals surface area contributed by atoms with E-state index in [4.69, 9.17) is 5.26 Å². The van der Waals surface area contributed by atoms with Gasteiger partial charge < -0.3 is 4.90 Å². The van der Waals surface area contributed by atoms with Gasteiger partial charge in [-0.05, 0) is 43.9 Å². The van der Waals surface area contributed by atoms with Crippen molar-refractivity contribution in [3.05, 3.63) is 34.3 Å². The average molecular weight is 321 g/mol. The summed E-state index contributed by atoms with van der Waals surface area (Å²) in [5, 5.41) is 8.90. The molecule has 1 amide bonds. The molecule has 4 heteroatoms. The maximum absolute atomic E-state index is 12.4. The van der Waals surface area contributed by atoms with Gasteiger partial charge in [0.1, 0.15) is 0 Å². The maximum Gasteiger partial charge on any atom is 0.253 e. The van der Waals surface area contributed by atoms with E-state index in [1.54, 1.807) is 0 Å². The number of nitrogens with zero attached hydrogens (tertiary/aromatic N) is 2. The van der Waals surface area contributed by atoms with Crippen molar-refractivity contribution in [2.75, 3.05) is 7.05 Å². The highest BCUT2D eigenvalue weighted by Crippen LogP contribution is 2.27. The standard InChI is InChI=1S/C15H17BrN2O/c1-18(14-7-5-11(10-17)6-8-14)15(19)12-3-2-4-13(16)9-12/h2-4,9,11,14H,5-8H2,1H3. The van der Waals surface area contributed by atoms with E-state index in [0.717, 1.165) is 30.2 Å². The smallest absolute Gasteiger partial charge is 0.253 e. The first-order valence-corrected chi connectivity index (χ1v) is 7.33. The maximum atomic E-state index is 12.4. The summed E-state index contributed by atoms with van der Waals surface area (Å²) < 4.78 is 0.917. The zero-order chi connectivity index (χ0) is 13.8. The molecule has 1 aliphatic carbocycles. The summed E-state index contributed by atoms with van der Waals surface area (Å²) in [6, 6.07) is 10.1. The Morgan fingerprint density at radius 2 is 2.05 bits per heavy atom. The van der Waals surface area contributed by atoms with Gasteiger partial charge in [0, 0.05) is 29.0 Å². The van der Waals surface area contributed by atoms with Crippen molar-refractivity contribution in [3.8, 4) is 6.07 Å². The molecule has 1 saturated carbocycles. The molecule has 1 fully saturated rings. The van der Waals surface area contributed by atoms with E-state index < -0.39 is 0 Å². The molecule has 0 heterocycles. The van der Waals surface area contributed by atoms with Crippen molar-refractivity contribution in [2.45, 2.75) is 31.7 Å². The Kier molecular flexibility index (Phi) is 4.60. The summed E-state index contributed by atoms with van der Waals surface area (Å²) in [4.78, 5) is 14.2. The normalized spacial score (nSPS) is 22.6. The van der Waals surface area contributed by atoms with Crippen molar-refractivity contribution < 1.29 is 4.79 Å². The Labute approximate surface area is 122 Å². The highest BCUT2D eigenvalue weighted by molar-refractivity contribution is 9.10. The van der Waals surface area contributed by atoms with E-state index in [1.807, 2.05) is 36.2 Å². The second kappa shape index (κ2) is 6.21. The van der Waals surface area contributed by atoms with Gasteiger partial charge in [0.2, 0.25) is 0 Å². The van der Waals surface area contributed by atoms with Crippen LogP contribution in [0.2, 0.25) is 0 Å². The van der Waals surface area contributed by atoms with Gasteiger partial charge >= 0.3 is 0 Å². The molecule has 19 heavy (non-hydrogen) atoms. The predicted molar refractivity (Wildman–Crippen MR) is 77.6 cm³/mol. The molecule has 1 aromatic carbocycles. The topological polar surface area (TPSA) is 44.1 Å². The van der Waals surface area contributed by atoms with Gasteiger partial charge in [-0.15, -0.1) is 0 Å². The van der Waals surface area contributed by atoms with Crippen LogP contribution in [0.15, 0.2) is 28.7 Å². The molecular weight excluding hydrogens is 304 g/mol. The summed E-state index contributed by atoms with van der Waals surface area (Å²) in [7, 11) is 1.86. The second-order valence-electron chi connectivity index (χ2n) is 5.06. The Hall–Kier alpha value is -1.34. The number of hydrogen-bond acceptors (Lipinski definition) is 2. The monoisotopic (exact) mass is 320 g/mol. The molecule has 0 bridgehead atoms. The Bertz CT molecular complexity index is 501. The molecule has 0 spiro atoms. The van der Waals surface area contributed by atoms with Crippen LogP contribution in [0.25, 0.3) is 0 Å². The summed E-state index contributed by atoms with van der Waals surface area (Å²) in [5.41, 5.74) is 0.708. The third kappa shape index (κ3) is 3.36. The van der Waals surface area contributed by atoms with E-state index in [1.165, 1.54) is 0 Å². The zero-order valence-corrected chi connectivity index (χ0v) is 12.6. The Balaban J connectivity index is 2.02. The van der Waals surface area contributed by atoms with Gasteiger partial charge in [0.25, 0.3) is 5.91 Å². The van der Waals surface area contributed by atoms with Crippen LogP contribution < -0.4 is 0 Å². The quantitative estimate of drug-likeness (QED) is 0.835. The van der Waals surface area contributed by atoms with Crippen LogP contribution in [0, 0.1) is 17.2 Å². The lowest BCUT2D eigenvalue weighted by atomic mass is 9.86. The van der Waals surface area contributed by atoms with Gasteiger partial charge in [-0.3, -0.25) is 4.79 Å². The lowest BCUT2D eigenvalue weighted by Gasteiger charge is -2.32. The number of amides is 1. The lowest BCUT2D eigenvalue weighted by molar-refractivity contribution is 0.0686. The summed E-state index contributed by atoms with van der Waals surface area (Å²) >= 11 is 3.39. The van der Waals surface area contributed by atoms with Crippen LogP contribution in [-0.4, -0.2) is 23.9 Å². The molecule has 0 N–H and O–H groups in total. The molecular formula is C15H17BrN2O. The molecule has 0 atom stereocenters. The highest BCUT2D eigenvalue weighted by Gasteiger charge is 2.26. The molecule has 2 rings (SSSR count). The van der Waals surface area contributed by atoms with Gasteiger partial charge in [0.15, 0.2) is 0 Å². The van der Waals surface area contributed by atoms with Crippen molar-refractivity contribution in [3.63, 3.8) is 0 Å². The SMILES string of the molecule is CN(C(=O)c1cccc(Br)c1)C1CCC(C#N)CC1. The molecule has 1 aliphatic rings. The molecule has 0 aromatic heterocycles. The van der Waals surface area contributed by atoms with Gasteiger partial charge in [-0.2, -0.15) is 5.26 Å². The summed E-state index contributed by atoms with van der Waals surface area (Å²) in [5.74, 6) is 0.229. The van der Waals surface area contributed by atoms with E-state index in [-0.39, 0.29) is 17.9 Å². The zero-order valence-electron chi connectivity index (χ0n) is 11.0. The van der Waals surface area contributed by atoms with Gasteiger partial charge in [0.05, 0.1) is 6.07 Å². The van der Waals surface area contributed by atoms with Crippen molar-refractivity contribution >= 4 is 21.8 Å². The van der Waals surface area contributed by atoms with Crippen molar-refractivity contribution in [1.29, 1.82) is 5.26 Å². The fraction of sp³-hybridized carbons (Fsp3) is 0.467. The lowest BCUT2D eigenvalue weighted by Crippen LogP contribution is -2.39. The minimum atomic E-state index is 0.0571. The van der Waals surface area contributed by atoms with Gasteiger partial charge in [-0.1, -0.05) is 22.0 Å². The van der Waals surface area contributed by atoms with Crippen LogP contribution in [0.5, 0.6) is 0 Å². The Morgan fingerprint density at radius 1 is 1.37 bits per heavy atom. The van der Waals surface area contributed by atoms with Crippen molar-refractivity contribution in [1.82, 2.24) is 4.90 Å². The second-order valence-corrected chi connectivity index (χ2v) is 5.98. The number of rotatable bonds is 2. The Morgan fingerprint density at radius 3 is 2.63 bits per heavy atom. The third-order valence-corrected chi connectivity index (χ3v) is 4.31. The molecule has 0 saturated heterocycles. The van der Waals surface area contributed by atoms with Crippen LogP contribution in [0.4, 0.5) is 0 Å². The van der Waals surface area contributed by atoms with E-state index in [0.29, 0.717) is 5.56 Å². The van der Waals surface area contributed by atoms with Crippen LogP contribution in [0.3, 0.4) is 0 Å². The minimum Gasteiger partial charge on any atom is -0.339 e. The predicted octanol–water partition coefficient (Wildman–Crippen LogP) is 3.60. The highest BCUT2D eigenvalue weighted by atomic mass is 79.9. The molecule has 100 valence electrons. The number of carbonyl (C=O) groups excluding carboxylic acids is 1. The molecule has 0 unspecified atom stereocenters. The fourth-order valence-corrected chi connectivity index (χ4v) is 2.98. The molecule has 0 aliphatic heterocycles. The number of carbonyl (C=O) groups is 1. The number of benzene rings is 1. The van der Waals surface area contributed by atoms with Crippen LogP contribution in [0.1, 0.15) is 36.0 Å². The first kappa shape index (κ1) is 14.1. The summed E-state index contributed by atoms with van der Waals surface area (Å²) in [6.45, 7) is 0. The molecule has 1 aromatic rings.